The van der Waals surface area contributed by atoms with E-state index < -0.39 is 6.04 Å². The molecule has 0 bridgehead atoms. The van der Waals surface area contributed by atoms with Crippen molar-refractivity contribution in [3.63, 3.8) is 0 Å². The minimum absolute atomic E-state index is 0.181. The standard InChI is InChI=1S/C16H20N2O3/c1-16(2,3)14-9-12(18-21-14)15(20)17-13(10-19)11-7-5-4-6-8-11/h4-9,13,19H,10H2,1-3H3,(H,17,20). The summed E-state index contributed by atoms with van der Waals surface area (Å²) >= 11 is 0. The molecule has 1 unspecified atom stereocenters. The Balaban J connectivity index is 2.12. The van der Waals surface area contributed by atoms with Crippen molar-refractivity contribution in [3.8, 4) is 0 Å². The molecule has 1 heterocycles. The van der Waals surface area contributed by atoms with Gasteiger partial charge in [0.1, 0.15) is 5.76 Å². The van der Waals surface area contributed by atoms with E-state index in [4.69, 9.17) is 4.52 Å². The van der Waals surface area contributed by atoms with E-state index in [9.17, 15) is 9.90 Å². The number of amides is 1. The molecular weight excluding hydrogens is 268 g/mol. The first-order chi connectivity index (χ1) is 9.91. The van der Waals surface area contributed by atoms with Gasteiger partial charge in [-0.2, -0.15) is 0 Å². The molecule has 0 radical (unpaired) electrons. The number of hydrogen-bond acceptors (Lipinski definition) is 4. The number of carbonyl (C=O) groups excluding carboxylic acids is 1. The summed E-state index contributed by atoms with van der Waals surface area (Å²) in [5.74, 6) is 0.282. The Hall–Kier alpha value is -2.14. The van der Waals surface area contributed by atoms with Gasteiger partial charge in [-0.05, 0) is 5.56 Å². The van der Waals surface area contributed by atoms with Crippen LogP contribution in [0.2, 0.25) is 0 Å². The highest BCUT2D eigenvalue weighted by molar-refractivity contribution is 5.92. The molecule has 0 saturated heterocycles. The van der Waals surface area contributed by atoms with Crippen LogP contribution in [0.25, 0.3) is 0 Å². The SMILES string of the molecule is CC(C)(C)c1cc(C(=O)NC(CO)c2ccccc2)no1. The Labute approximate surface area is 124 Å². The molecule has 0 spiro atoms. The number of carbonyl (C=O) groups is 1. The van der Waals surface area contributed by atoms with Gasteiger partial charge in [0.15, 0.2) is 5.69 Å². The topological polar surface area (TPSA) is 75.4 Å². The predicted octanol–water partition coefficient (Wildman–Crippen LogP) is 2.44. The quantitative estimate of drug-likeness (QED) is 0.906. The number of aliphatic hydroxyl groups is 1. The highest BCUT2D eigenvalue weighted by atomic mass is 16.5. The maximum atomic E-state index is 12.2. The van der Waals surface area contributed by atoms with Crippen LogP contribution < -0.4 is 5.32 Å². The lowest BCUT2D eigenvalue weighted by molar-refractivity contribution is 0.0906. The Morgan fingerprint density at radius 1 is 1.33 bits per heavy atom. The van der Waals surface area contributed by atoms with Crippen molar-refractivity contribution in [2.75, 3.05) is 6.61 Å². The number of rotatable bonds is 4. The summed E-state index contributed by atoms with van der Waals surface area (Å²) in [5.41, 5.74) is 0.851. The molecule has 5 nitrogen and oxygen atoms in total. The van der Waals surface area contributed by atoms with E-state index in [1.54, 1.807) is 6.07 Å². The van der Waals surface area contributed by atoms with Crippen LogP contribution in [0.5, 0.6) is 0 Å². The van der Waals surface area contributed by atoms with Gasteiger partial charge in [0, 0.05) is 11.5 Å². The summed E-state index contributed by atoms with van der Waals surface area (Å²) in [7, 11) is 0. The molecular formula is C16H20N2O3. The van der Waals surface area contributed by atoms with Gasteiger partial charge in [-0.1, -0.05) is 56.3 Å². The maximum Gasteiger partial charge on any atom is 0.274 e. The van der Waals surface area contributed by atoms with Crippen LogP contribution in [0.15, 0.2) is 40.9 Å². The number of aliphatic hydroxyl groups excluding tert-OH is 1. The van der Waals surface area contributed by atoms with Gasteiger partial charge < -0.3 is 14.9 Å². The van der Waals surface area contributed by atoms with Crippen LogP contribution in [-0.2, 0) is 5.41 Å². The second-order valence-electron chi connectivity index (χ2n) is 5.95. The summed E-state index contributed by atoms with van der Waals surface area (Å²) < 4.78 is 5.20. The second-order valence-corrected chi connectivity index (χ2v) is 5.95. The molecule has 0 fully saturated rings. The van der Waals surface area contributed by atoms with Crippen LogP contribution >= 0.6 is 0 Å². The van der Waals surface area contributed by atoms with E-state index in [2.05, 4.69) is 10.5 Å². The summed E-state index contributed by atoms with van der Waals surface area (Å²) in [6.07, 6.45) is 0. The number of nitrogens with one attached hydrogen (secondary N) is 1. The highest BCUT2D eigenvalue weighted by Gasteiger charge is 2.23. The van der Waals surface area contributed by atoms with Crippen LogP contribution in [-0.4, -0.2) is 22.8 Å². The van der Waals surface area contributed by atoms with Gasteiger partial charge in [-0.25, -0.2) is 0 Å². The molecule has 0 saturated carbocycles. The van der Waals surface area contributed by atoms with Crippen molar-refractivity contribution in [1.29, 1.82) is 0 Å². The highest BCUT2D eigenvalue weighted by Crippen LogP contribution is 2.23. The fraction of sp³-hybridized carbons (Fsp3) is 0.375. The summed E-state index contributed by atoms with van der Waals surface area (Å²) in [6, 6.07) is 10.5. The van der Waals surface area contributed by atoms with Gasteiger partial charge >= 0.3 is 0 Å². The summed E-state index contributed by atoms with van der Waals surface area (Å²) in [4.78, 5) is 12.2. The summed E-state index contributed by atoms with van der Waals surface area (Å²) in [5, 5.41) is 16.0. The van der Waals surface area contributed by atoms with Gasteiger partial charge in [0.2, 0.25) is 0 Å². The summed E-state index contributed by atoms with van der Waals surface area (Å²) in [6.45, 7) is 5.76. The van der Waals surface area contributed by atoms with E-state index in [1.165, 1.54) is 0 Å². The van der Waals surface area contributed by atoms with Gasteiger partial charge in [-0.3, -0.25) is 4.79 Å². The first kappa shape index (κ1) is 15.3. The number of benzene rings is 1. The minimum atomic E-state index is -0.464. The average Bonchev–Trinajstić information content (AvgIpc) is 2.95. The second kappa shape index (κ2) is 6.10. The largest absolute Gasteiger partial charge is 0.394 e. The lowest BCUT2D eigenvalue weighted by Crippen LogP contribution is -2.31. The molecule has 0 aliphatic rings. The van der Waals surface area contributed by atoms with E-state index in [1.807, 2.05) is 51.1 Å². The first-order valence-electron chi connectivity index (χ1n) is 6.85. The first-order valence-corrected chi connectivity index (χ1v) is 6.85. The van der Waals surface area contributed by atoms with Gasteiger partial charge in [0.05, 0.1) is 12.6 Å². The fourth-order valence-corrected chi connectivity index (χ4v) is 1.89. The molecule has 21 heavy (non-hydrogen) atoms. The molecule has 2 rings (SSSR count). The minimum Gasteiger partial charge on any atom is -0.394 e. The van der Waals surface area contributed by atoms with Crippen molar-refractivity contribution in [3.05, 3.63) is 53.4 Å². The van der Waals surface area contributed by atoms with Crippen molar-refractivity contribution in [2.24, 2.45) is 0 Å². The fourth-order valence-electron chi connectivity index (χ4n) is 1.89. The van der Waals surface area contributed by atoms with E-state index >= 15 is 0 Å². The molecule has 5 heteroatoms. The van der Waals surface area contributed by atoms with Crippen molar-refractivity contribution in [2.45, 2.75) is 32.2 Å². The molecule has 1 aromatic carbocycles. The third-order valence-corrected chi connectivity index (χ3v) is 3.17. The van der Waals surface area contributed by atoms with E-state index in [-0.39, 0.29) is 23.6 Å². The molecule has 1 aromatic heterocycles. The van der Waals surface area contributed by atoms with Gasteiger partial charge in [-0.15, -0.1) is 0 Å². The zero-order valence-electron chi connectivity index (χ0n) is 12.5. The lowest BCUT2D eigenvalue weighted by Gasteiger charge is -2.15. The predicted molar refractivity (Wildman–Crippen MR) is 78.9 cm³/mol. The Bertz CT molecular complexity index is 599. The number of aromatic nitrogens is 1. The van der Waals surface area contributed by atoms with Crippen molar-refractivity contribution >= 4 is 5.91 Å². The monoisotopic (exact) mass is 288 g/mol. The molecule has 112 valence electrons. The molecule has 1 amide bonds. The Morgan fingerprint density at radius 2 is 2.00 bits per heavy atom. The van der Waals surface area contributed by atoms with Crippen LogP contribution in [0.1, 0.15) is 48.6 Å². The Kier molecular flexibility index (Phi) is 4.43. The molecule has 2 N–H and O–H groups in total. The average molecular weight is 288 g/mol. The molecule has 0 aliphatic carbocycles. The third-order valence-electron chi connectivity index (χ3n) is 3.17. The Morgan fingerprint density at radius 3 is 2.52 bits per heavy atom. The molecule has 1 atom stereocenters. The van der Waals surface area contributed by atoms with Crippen LogP contribution in [0.3, 0.4) is 0 Å². The van der Waals surface area contributed by atoms with Crippen molar-refractivity contribution < 1.29 is 14.4 Å². The van der Waals surface area contributed by atoms with E-state index in [0.717, 1.165) is 5.56 Å². The molecule has 2 aromatic rings. The lowest BCUT2D eigenvalue weighted by atomic mass is 9.93. The van der Waals surface area contributed by atoms with Crippen LogP contribution in [0.4, 0.5) is 0 Å². The zero-order chi connectivity index (χ0) is 15.5. The van der Waals surface area contributed by atoms with Gasteiger partial charge in [0.25, 0.3) is 5.91 Å². The molecule has 0 aliphatic heterocycles. The van der Waals surface area contributed by atoms with Crippen molar-refractivity contribution in [1.82, 2.24) is 10.5 Å². The normalized spacial score (nSPS) is 13.0. The third kappa shape index (κ3) is 3.70. The van der Waals surface area contributed by atoms with Crippen LogP contribution in [0, 0.1) is 0 Å². The number of nitrogens with zero attached hydrogens (tertiary/aromatic N) is 1. The maximum absolute atomic E-state index is 12.2. The van der Waals surface area contributed by atoms with E-state index in [0.29, 0.717) is 5.76 Å². The number of hydrogen-bond donors (Lipinski definition) is 2. The zero-order valence-corrected chi connectivity index (χ0v) is 12.5. The smallest absolute Gasteiger partial charge is 0.274 e.